The van der Waals surface area contributed by atoms with Crippen LogP contribution in [0.4, 0.5) is 5.69 Å². The van der Waals surface area contributed by atoms with Crippen LogP contribution < -0.4 is 10.2 Å². The zero-order valence-electron chi connectivity index (χ0n) is 22.2. The average molecular weight is 546 g/mol. The van der Waals surface area contributed by atoms with E-state index in [-0.39, 0.29) is 10.8 Å². The summed E-state index contributed by atoms with van der Waals surface area (Å²) in [4.78, 5) is 29.2. The molecule has 1 aliphatic heterocycles. The molecule has 0 bridgehead atoms. The molecule has 4 rings (SSSR count). The van der Waals surface area contributed by atoms with Crippen LogP contribution in [0.1, 0.15) is 61.4 Å². The van der Waals surface area contributed by atoms with Gasteiger partial charge < -0.3 is 15.3 Å². The molecule has 9 nitrogen and oxygen atoms in total. The molecule has 0 atom stereocenters. The van der Waals surface area contributed by atoms with Gasteiger partial charge in [-0.05, 0) is 68.6 Å². The summed E-state index contributed by atoms with van der Waals surface area (Å²) in [5.74, 6) is -1.21. The van der Waals surface area contributed by atoms with Crippen molar-refractivity contribution in [1.29, 1.82) is 0 Å². The van der Waals surface area contributed by atoms with Crippen LogP contribution in [0.25, 0.3) is 0 Å². The molecule has 2 aromatic carbocycles. The van der Waals surface area contributed by atoms with Gasteiger partial charge in [-0.2, -0.15) is 8.42 Å². The number of aliphatic carboxylic acids is 1. The summed E-state index contributed by atoms with van der Waals surface area (Å²) in [6.45, 7) is 9.11. The lowest BCUT2D eigenvalue weighted by Crippen LogP contribution is -2.55. The maximum atomic E-state index is 12.6. The highest BCUT2D eigenvalue weighted by molar-refractivity contribution is 7.85. The molecule has 2 aliphatic rings. The second-order valence-electron chi connectivity index (χ2n) is 10.0. The lowest BCUT2D eigenvalue weighted by Gasteiger charge is -2.36. The van der Waals surface area contributed by atoms with E-state index in [1.54, 1.807) is 25.1 Å². The molecule has 2 aromatic rings. The van der Waals surface area contributed by atoms with Gasteiger partial charge in [-0.15, -0.1) is 0 Å². The second kappa shape index (κ2) is 13.2. The number of carboxylic acid groups (broad SMARTS) is 1. The fraction of sp³-hybridized carbons (Fsp3) is 0.500. The van der Waals surface area contributed by atoms with Crippen molar-refractivity contribution in [2.45, 2.75) is 62.8 Å². The van der Waals surface area contributed by atoms with Crippen molar-refractivity contribution in [2.24, 2.45) is 0 Å². The summed E-state index contributed by atoms with van der Waals surface area (Å²) in [7, 11) is -4.03. The fourth-order valence-corrected chi connectivity index (χ4v) is 5.78. The van der Waals surface area contributed by atoms with E-state index in [0.717, 1.165) is 57.7 Å². The number of benzene rings is 2. The first-order valence-corrected chi connectivity index (χ1v) is 14.7. The first-order chi connectivity index (χ1) is 18.1. The van der Waals surface area contributed by atoms with Gasteiger partial charge in [0, 0.05) is 37.4 Å². The van der Waals surface area contributed by atoms with Gasteiger partial charge in [0.25, 0.3) is 16.0 Å². The molecule has 1 amide bonds. The number of hydrogen-bond acceptors (Lipinski definition) is 6. The highest BCUT2D eigenvalue weighted by atomic mass is 32.2. The molecular weight excluding hydrogens is 506 g/mol. The minimum Gasteiger partial charge on any atom is -0.480 e. The molecule has 208 valence electrons. The van der Waals surface area contributed by atoms with E-state index in [9.17, 15) is 23.1 Å². The topological polar surface area (TPSA) is 127 Å². The maximum absolute atomic E-state index is 12.6. The Bertz CT molecular complexity index is 1190. The zero-order valence-corrected chi connectivity index (χ0v) is 23.0. The van der Waals surface area contributed by atoms with Crippen LogP contribution in [-0.4, -0.2) is 73.1 Å². The van der Waals surface area contributed by atoms with Crippen LogP contribution in [0, 0.1) is 6.92 Å². The number of carbonyl (C=O) groups excluding carboxylic acids is 1. The lowest BCUT2D eigenvalue weighted by atomic mass is 9.81. The molecule has 2 fully saturated rings. The Balaban J connectivity index is 0.000000304. The van der Waals surface area contributed by atoms with Crippen molar-refractivity contribution in [3.8, 4) is 0 Å². The number of anilines is 1. The number of piperazine rings is 1. The van der Waals surface area contributed by atoms with Crippen molar-refractivity contribution >= 4 is 27.7 Å². The number of rotatable bonds is 7. The Morgan fingerprint density at radius 1 is 0.947 bits per heavy atom. The molecular formula is C28H39N3O6S. The maximum Gasteiger partial charge on any atom is 0.329 e. The molecule has 10 heteroatoms. The Kier molecular flexibility index (Phi) is 10.3. The van der Waals surface area contributed by atoms with Gasteiger partial charge in [0.2, 0.25) is 0 Å². The number of aryl methyl sites for hydroxylation is 1. The molecule has 0 spiro atoms. The molecule has 1 heterocycles. The molecule has 1 saturated carbocycles. The third kappa shape index (κ3) is 7.78. The molecule has 1 saturated heterocycles. The lowest BCUT2D eigenvalue weighted by molar-refractivity contribution is -0.145. The van der Waals surface area contributed by atoms with E-state index < -0.39 is 21.6 Å². The van der Waals surface area contributed by atoms with E-state index in [2.05, 4.69) is 22.0 Å². The molecule has 0 radical (unpaired) electrons. The highest BCUT2D eigenvalue weighted by Gasteiger charge is 2.41. The van der Waals surface area contributed by atoms with Gasteiger partial charge in [-0.25, -0.2) is 4.79 Å². The summed E-state index contributed by atoms with van der Waals surface area (Å²) in [6, 6.07) is 13.8. The SMILES string of the molecule is CCCN1CCN(c2ccc(C(=O)NC3(C(=O)O)CCCCC3)cc2)CC1.Cc1ccccc1S(=O)(=O)O. The molecule has 0 aromatic heterocycles. The van der Waals surface area contributed by atoms with Gasteiger partial charge in [-0.1, -0.05) is 44.4 Å². The Hall–Kier alpha value is -2.95. The van der Waals surface area contributed by atoms with Crippen LogP contribution in [0.15, 0.2) is 53.4 Å². The standard InChI is InChI=1S/C21H31N3O3.C7H8O3S/c1-2-12-23-13-15-24(16-14-23)18-8-6-17(7-9-18)19(25)22-21(20(26)27)10-4-3-5-11-21;1-6-4-2-3-5-7(6)11(8,9)10/h6-9H,2-5,10-16H2,1H3,(H,22,25)(H,26,27);2-5H,1H3,(H,8,9,10). The predicted octanol–water partition coefficient (Wildman–Crippen LogP) is 3.98. The number of carboxylic acids is 1. The van der Waals surface area contributed by atoms with Gasteiger partial charge in [0.1, 0.15) is 5.54 Å². The molecule has 1 aliphatic carbocycles. The largest absolute Gasteiger partial charge is 0.480 e. The van der Waals surface area contributed by atoms with Crippen LogP contribution in [0.3, 0.4) is 0 Å². The van der Waals surface area contributed by atoms with Crippen LogP contribution in [0.5, 0.6) is 0 Å². The van der Waals surface area contributed by atoms with Crippen molar-refractivity contribution in [3.05, 3.63) is 59.7 Å². The van der Waals surface area contributed by atoms with E-state index in [0.29, 0.717) is 24.0 Å². The minimum atomic E-state index is -4.03. The quantitative estimate of drug-likeness (QED) is 0.446. The van der Waals surface area contributed by atoms with E-state index >= 15 is 0 Å². The fourth-order valence-electron chi connectivity index (χ4n) is 5.05. The second-order valence-corrected chi connectivity index (χ2v) is 11.4. The van der Waals surface area contributed by atoms with Crippen molar-refractivity contribution in [3.63, 3.8) is 0 Å². The van der Waals surface area contributed by atoms with Crippen LogP contribution >= 0.6 is 0 Å². The van der Waals surface area contributed by atoms with Gasteiger partial charge in [-0.3, -0.25) is 14.2 Å². The average Bonchev–Trinajstić information content (AvgIpc) is 2.90. The number of nitrogens with one attached hydrogen (secondary N) is 1. The first-order valence-electron chi connectivity index (χ1n) is 13.2. The van der Waals surface area contributed by atoms with Gasteiger partial charge in [0.15, 0.2) is 0 Å². The Morgan fingerprint density at radius 3 is 2.05 bits per heavy atom. The monoisotopic (exact) mass is 545 g/mol. The first kappa shape index (κ1) is 29.6. The number of amides is 1. The third-order valence-corrected chi connectivity index (χ3v) is 8.26. The summed E-state index contributed by atoms with van der Waals surface area (Å²) in [5, 5.41) is 12.4. The molecule has 3 N–H and O–H groups in total. The van der Waals surface area contributed by atoms with Gasteiger partial charge >= 0.3 is 5.97 Å². The normalized spacial score (nSPS) is 17.7. The van der Waals surface area contributed by atoms with Gasteiger partial charge in [0.05, 0.1) is 4.90 Å². The number of nitrogens with zero attached hydrogens (tertiary/aromatic N) is 2. The van der Waals surface area contributed by atoms with E-state index in [1.807, 2.05) is 24.3 Å². The smallest absolute Gasteiger partial charge is 0.329 e. The Morgan fingerprint density at radius 2 is 1.55 bits per heavy atom. The van der Waals surface area contributed by atoms with Crippen LogP contribution in [0.2, 0.25) is 0 Å². The van der Waals surface area contributed by atoms with Crippen molar-refractivity contribution in [2.75, 3.05) is 37.6 Å². The summed E-state index contributed by atoms with van der Waals surface area (Å²) >= 11 is 0. The number of carbonyl (C=O) groups is 2. The predicted molar refractivity (Wildman–Crippen MR) is 147 cm³/mol. The summed E-state index contributed by atoms with van der Waals surface area (Å²) < 4.78 is 29.9. The molecule has 0 unspecified atom stereocenters. The van der Waals surface area contributed by atoms with E-state index in [1.165, 1.54) is 12.5 Å². The van der Waals surface area contributed by atoms with Crippen molar-refractivity contribution < 1.29 is 27.7 Å². The van der Waals surface area contributed by atoms with E-state index in [4.69, 9.17) is 4.55 Å². The van der Waals surface area contributed by atoms with Crippen LogP contribution in [-0.2, 0) is 14.9 Å². The summed E-state index contributed by atoms with van der Waals surface area (Å²) in [6.07, 6.45) is 4.92. The summed E-state index contributed by atoms with van der Waals surface area (Å²) in [5.41, 5.74) is 1.08. The zero-order chi connectivity index (χ0) is 27.8. The highest BCUT2D eigenvalue weighted by Crippen LogP contribution is 2.29. The Labute approximate surface area is 225 Å². The number of hydrogen-bond donors (Lipinski definition) is 3. The minimum absolute atomic E-state index is 0.0278. The third-order valence-electron chi connectivity index (χ3n) is 7.25. The van der Waals surface area contributed by atoms with Crippen molar-refractivity contribution in [1.82, 2.24) is 10.2 Å². The molecule has 38 heavy (non-hydrogen) atoms.